The normalized spacial score (nSPS) is 52.2. The number of nitrogens with one attached hydrogen (secondary N) is 1. The van der Waals surface area contributed by atoms with Crippen LogP contribution in [-0.4, -0.2) is 28.5 Å². The van der Waals surface area contributed by atoms with E-state index in [9.17, 15) is 15.0 Å². The fourth-order valence-electron chi connectivity index (χ4n) is 11.9. The molecule has 1 amide bonds. The maximum atomic E-state index is 13.7. The number of aliphatic hydroxyl groups excluding tert-OH is 2. The van der Waals surface area contributed by atoms with E-state index in [1.165, 1.54) is 31.3 Å². The average Bonchev–Trinajstić information content (AvgIpc) is 3.18. The van der Waals surface area contributed by atoms with Gasteiger partial charge in [-0.2, -0.15) is 0 Å². The molecule has 4 nitrogen and oxygen atoms in total. The van der Waals surface area contributed by atoms with Crippen LogP contribution in [0.1, 0.15) is 113 Å². The second-order valence-electron chi connectivity index (χ2n) is 15.4. The molecule has 204 valence electrons. The van der Waals surface area contributed by atoms with Crippen molar-refractivity contribution in [2.24, 2.45) is 56.7 Å². The van der Waals surface area contributed by atoms with E-state index in [4.69, 9.17) is 0 Å². The molecule has 0 spiro atoms. The van der Waals surface area contributed by atoms with Crippen LogP contribution >= 0.6 is 0 Å². The van der Waals surface area contributed by atoms with E-state index in [2.05, 4.69) is 53.4 Å². The molecule has 5 aliphatic rings. The van der Waals surface area contributed by atoms with Crippen LogP contribution in [0.15, 0.2) is 12.2 Å². The summed E-state index contributed by atoms with van der Waals surface area (Å²) in [6, 6.07) is 0. The standard InChI is InChI=1S/C32H53NO3/c1-19(2)21-11-16-32(27(36)33-20(3)34)18-17-30(7)22(26(21)32)9-10-24-29(6)14-13-25(35)28(4,5)23(29)12-15-31(24,30)8/h20-26,34-35H,1,9-18H2,2-8H3,(H,33,36)/t20?,21?,22?,23?,24?,25?,26?,29?,30-,31?,32?/m1/s1. The van der Waals surface area contributed by atoms with Gasteiger partial charge in [0, 0.05) is 0 Å². The van der Waals surface area contributed by atoms with Crippen LogP contribution in [0.25, 0.3) is 0 Å². The van der Waals surface area contributed by atoms with Crippen molar-refractivity contribution in [3.05, 3.63) is 12.2 Å². The lowest BCUT2D eigenvalue weighted by Gasteiger charge is -2.72. The minimum Gasteiger partial charge on any atom is -0.393 e. The predicted octanol–water partition coefficient (Wildman–Crippen LogP) is 6.46. The molecule has 0 saturated heterocycles. The summed E-state index contributed by atoms with van der Waals surface area (Å²) >= 11 is 0. The highest BCUT2D eigenvalue weighted by Gasteiger charge is 2.71. The zero-order chi connectivity index (χ0) is 26.5. The lowest BCUT2D eigenvalue weighted by molar-refractivity contribution is -0.246. The van der Waals surface area contributed by atoms with E-state index in [-0.39, 0.29) is 39.1 Å². The Morgan fingerprint density at radius 1 is 0.889 bits per heavy atom. The molecule has 5 saturated carbocycles. The largest absolute Gasteiger partial charge is 0.393 e. The molecule has 4 heteroatoms. The molecule has 3 N–H and O–H groups in total. The lowest BCUT2D eigenvalue weighted by Crippen LogP contribution is -2.67. The Labute approximate surface area is 220 Å². The van der Waals surface area contributed by atoms with Crippen molar-refractivity contribution in [2.45, 2.75) is 125 Å². The number of amides is 1. The summed E-state index contributed by atoms with van der Waals surface area (Å²) in [4.78, 5) is 13.7. The van der Waals surface area contributed by atoms with Gasteiger partial charge in [0.2, 0.25) is 5.91 Å². The second-order valence-corrected chi connectivity index (χ2v) is 15.4. The van der Waals surface area contributed by atoms with Gasteiger partial charge >= 0.3 is 0 Å². The van der Waals surface area contributed by atoms with Crippen molar-refractivity contribution in [3.63, 3.8) is 0 Å². The first-order valence-electron chi connectivity index (χ1n) is 15.0. The van der Waals surface area contributed by atoms with Crippen molar-refractivity contribution in [3.8, 4) is 0 Å². The minimum absolute atomic E-state index is 0.0244. The van der Waals surface area contributed by atoms with E-state index in [0.29, 0.717) is 29.6 Å². The summed E-state index contributed by atoms with van der Waals surface area (Å²) in [7, 11) is 0. The highest BCUT2D eigenvalue weighted by molar-refractivity contribution is 5.84. The molecule has 0 bridgehead atoms. The molecule has 0 aromatic rings. The topological polar surface area (TPSA) is 69.6 Å². The van der Waals surface area contributed by atoms with Crippen LogP contribution in [0.5, 0.6) is 0 Å². The van der Waals surface area contributed by atoms with Crippen LogP contribution in [0.4, 0.5) is 0 Å². The monoisotopic (exact) mass is 499 g/mol. The van der Waals surface area contributed by atoms with Gasteiger partial charge in [0.05, 0.1) is 11.5 Å². The molecule has 5 fully saturated rings. The first-order chi connectivity index (χ1) is 16.6. The van der Waals surface area contributed by atoms with E-state index in [1.807, 2.05) is 0 Å². The van der Waals surface area contributed by atoms with Gasteiger partial charge in [0.15, 0.2) is 0 Å². The molecular formula is C32H53NO3. The number of fused-ring (bicyclic) bond motifs is 7. The van der Waals surface area contributed by atoms with Gasteiger partial charge in [-0.25, -0.2) is 0 Å². The van der Waals surface area contributed by atoms with Crippen molar-refractivity contribution in [1.82, 2.24) is 5.32 Å². The lowest BCUT2D eigenvalue weighted by atomic mass is 9.32. The predicted molar refractivity (Wildman–Crippen MR) is 145 cm³/mol. The Kier molecular flexibility index (Phi) is 6.17. The number of hydrogen-bond acceptors (Lipinski definition) is 3. The highest BCUT2D eigenvalue weighted by Crippen LogP contribution is 2.77. The summed E-state index contributed by atoms with van der Waals surface area (Å²) in [5.41, 5.74) is 1.55. The van der Waals surface area contributed by atoms with Crippen LogP contribution in [0, 0.1) is 56.7 Å². The number of aliphatic hydroxyl groups is 2. The first-order valence-corrected chi connectivity index (χ1v) is 15.0. The molecular weight excluding hydrogens is 446 g/mol. The summed E-state index contributed by atoms with van der Waals surface area (Å²) in [6.45, 7) is 20.7. The van der Waals surface area contributed by atoms with Gasteiger partial charge in [0.1, 0.15) is 6.23 Å². The molecule has 36 heavy (non-hydrogen) atoms. The number of rotatable bonds is 3. The molecule has 0 radical (unpaired) electrons. The van der Waals surface area contributed by atoms with Crippen molar-refractivity contribution in [1.29, 1.82) is 0 Å². The summed E-state index contributed by atoms with van der Waals surface area (Å²) < 4.78 is 0. The van der Waals surface area contributed by atoms with Crippen LogP contribution in [0.3, 0.4) is 0 Å². The molecule has 0 aromatic heterocycles. The zero-order valence-electron chi connectivity index (χ0n) is 24.1. The Balaban J connectivity index is 1.55. The highest BCUT2D eigenvalue weighted by atomic mass is 16.3. The van der Waals surface area contributed by atoms with E-state index in [0.717, 1.165) is 38.5 Å². The number of allylic oxidation sites excluding steroid dienone is 1. The molecule has 0 heterocycles. The van der Waals surface area contributed by atoms with E-state index < -0.39 is 6.23 Å². The second kappa shape index (κ2) is 8.31. The van der Waals surface area contributed by atoms with E-state index >= 15 is 0 Å². The number of carbonyl (C=O) groups excluding carboxylic acids is 1. The van der Waals surface area contributed by atoms with Gasteiger partial charge < -0.3 is 15.5 Å². The van der Waals surface area contributed by atoms with Crippen LogP contribution < -0.4 is 5.32 Å². The fourth-order valence-corrected chi connectivity index (χ4v) is 11.9. The van der Waals surface area contributed by atoms with Gasteiger partial charge in [-0.05, 0) is 129 Å². The van der Waals surface area contributed by atoms with Gasteiger partial charge in [0.25, 0.3) is 0 Å². The maximum absolute atomic E-state index is 13.7. The zero-order valence-corrected chi connectivity index (χ0v) is 24.1. The molecule has 10 unspecified atom stereocenters. The summed E-state index contributed by atoms with van der Waals surface area (Å²) in [5.74, 6) is 2.55. The maximum Gasteiger partial charge on any atom is 0.228 e. The molecule has 11 atom stereocenters. The van der Waals surface area contributed by atoms with E-state index in [1.54, 1.807) is 6.92 Å². The quantitative estimate of drug-likeness (QED) is 0.308. The molecule has 0 aromatic carbocycles. The average molecular weight is 500 g/mol. The number of hydrogen-bond donors (Lipinski definition) is 3. The Morgan fingerprint density at radius 3 is 2.22 bits per heavy atom. The fraction of sp³-hybridized carbons (Fsp3) is 0.906. The molecule has 5 aliphatic carbocycles. The van der Waals surface area contributed by atoms with Crippen molar-refractivity contribution >= 4 is 5.91 Å². The summed E-state index contributed by atoms with van der Waals surface area (Å²) in [6.07, 6.45) is 9.95. The first kappa shape index (κ1) is 26.7. The third-order valence-electron chi connectivity index (χ3n) is 13.8. The Morgan fingerprint density at radius 2 is 1.58 bits per heavy atom. The van der Waals surface area contributed by atoms with Crippen molar-refractivity contribution in [2.75, 3.05) is 0 Å². The summed E-state index contributed by atoms with van der Waals surface area (Å²) in [5, 5.41) is 23.9. The smallest absolute Gasteiger partial charge is 0.228 e. The Hall–Kier alpha value is -0.870. The number of carbonyl (C=O) groups is 1. The molecule has 5 rings (SSSR count). The van der Waals surface area contributed by atoms with Crippen LogP contribution in [0.2, 0.25) is 0 Å². The van der Waals surface area contributed by atoms with Gasteiger partial charge in [-0.3, -0.25) is 4.79 Å². The third-order valence-corrected chi connectivity index (χ3v) is 13.8. The van der Waals surface area contributed by atoms with Crippen molar-refractivity contribution < 1.29 is 15.0 Å². The van der Waals surface area contributed by atoms with Gasteiger partial charge in [-0.15, -0.1) is 0 Å². The Bertz CT molecular complexity index is 926. The van der Waals surface area contributed by atoms with Crippen LogP contribution in [-0.2, 0) is 4.79 Å². The SMILES string of the molecule is C=C(C)C1CCC2(C(=O)NC(C)O)CC[C@]3(C)C(CCC4C5(C)CCC(O)C(C)(C)C5CCC43C)C12. The molecule has 0 aliphatic heterocycles. The van der Waals surface area contributed by atoms with Gasteiger partial charge in [-0.1, -0.05) is 46.8 Å². The minimum atomic E-state index is -0.807. The third kappa shape index (κ3) is 3.28.